The minimum absolute atomic E-state index is 0.148. The van der Waals surface area contributed by atoms with Crippen LogP contribution in [0.5, 0.6) is 0 Å². The van der Waals surface area contributed by atoms with Gasteiger partial charge in [-0.2, -0.15) is 0 Å². The van der Waals surface area contributed by atoms with Crippen LogP contribution in [-0.2, 0) is 4.57 Å². The highest BCUT2D eigenvalue weighted by molar-refractivity contribution is 7.52. The van der Waals surface area contributed by atoms with E-state index in [-0.39, 0.29) is 12.2 Å². The van der Waals surface area contributed by atoms with Crippen LogP contribution in [0.2, 0.25) is 0 Å². The van der Waals surface area contributed by atoms with Gasteiger partial charge in [-0.1, -0.05) is 11.6 Å². The fourth-order valence-electron chi connectivity index (χ4n) is 0.938. The number of hydrogen-bond acceptors (Lipinski definition) is 2. The second-order valence-electron chi connectivity index (χ2n) is 3.54. The molecule has 0 aliphatic heterocycles. The molecule has 0 aromatic rings. The Morgan fingerprint density at radius 2 is 2.00 bits per heavy atom. The molecule has 0 aromatic heterocycles. The third kappa shape index (κ3) is 6.96. The van der Waals surface area contributed by atoms with Gasteiger partial charge in [0, 0.05) is 6.04 Å². The zero-order valence-electron chi connectivity index (χ0n) is 8.56. The Morgan fingerprint density at radius 1 is 1.54 bits per heavy atom. The molecular weight excluding hydrogens is 189 g/mol. The summed E-state index contributed by atoms with van der Waals surface area (Å²) in [6, 6.07) is 0.201. The second kappa shape index (κ2) is 4.91. The molecule has 0 fully saturated rings. The molecule has 0 radical (unpaired) electrons. The standard InChI is InChI=1S/C8H18NO3P/c1-7(6-13(10,11)12)5-8(2)9(3)4/h5,8H,6H2,1-4H3,(H2,10,11,12)/b7-5+. The van der Waals surface area contributed by atoms with E-state index < -0.39 is 7.60 Å². The summed E-state index contributed by atoms with van der Waals surface area (Å²) in [4.78, 5) is 19.4. The molecular formula is C8H18NO3P. The molecule has 2 N–H and O–H groups in total. The van der Waals surface area contributed by atoms with Crippen molar-refractivity contribution < 1.29 is 14.4 Å². The lowest BCUT2D eigenvalue weighted by Gasteiger charge is -2.17. The van der Waals surface area contributed by atoms with Gasteiger partial charge in [-0.05, 0) is 27.9 Å². The molecule has 5 heteroatoms. The van der Waals surface area contributed by atoms with Gasteiger partial charge in [-0.3, -0.25) is 4.57 Å². The largest absolute Gasteiger partial charge is 0.329 e. The van der Waals surface area contributed by atoms with Crippen LogP contribution in [-0.4, -0.2) is 41.0 Å². The fraction of sp³-hybridized carbons (Fsp3) is 0.750. The quantitative estimate of drug-likeness (QED) is 0.534. The van der Waals surface area contributed by atoms with E-state index in [9.17, 15) is 4.57 Å². The van der Waals surface area contributed by atoms with Crippen molar-refractivity contribution in [2.45, 2.75) is 19.9 Å². The number of nitrogens with zero attached hydrogens (tertiary/aromatic N) is 1. The highest BCUT2D eigenvalue weighted by atomic mass is 31.2. The monoisotopic (exact) mass is 207 g/mol. The zero-order valence-corrected chi connectivity index (χ0v) is 9.45. The first-order valence-electron chi connectivity index (χ1n) is 4.10. The van der Waals surface area contributed by atoms with Crippen molar-refractivity contribution in [3.8, 4) is 0 Å². The van der Waals surface area contributed by atoms with Gasteiger partial charge in [0.05, 0.1) is 6.16 Å². The Labute approximate surface area is 79.4 Å². The smallest absolute Gasteiger partial charge is 0.324 e. The zero-order chi connectivity index (χ0) is 10.6. The van der Waals surface area contributed by atoms with E-state index in [1.165, 1.54) is 0 Å². The highest BCUT2D eigenvalue weighted by Crippen LogP contribution is 2.36. The predicted molar refractivity (Wildman–Crippen MR) is 53.8 cm³/mol. The lowest BCUT2D eigenvalue weighted by Crippen LogP contribution is -2.22. The first kappa shape index (κ1) is 12.8. The van der Waals surface area contributed by atoms with Crippen molar-refractivity contribution in [2.24, 2.45) is 0 Å². The summed E-state index contributed by atoms with van der Waals surface area (Å²) in [6.07, 6.45) is 1.71. The van der Waals surface area contributed by atoms with E-state index in [0.29, 0.717) is 0 Å². The maximum absolute atomic E-state index is 10.6. The van der Waals surface area contributed by atoms with E-state index in [1.807, 2.05) is 32.0 Å². The molecule has 0 bridgehead atoms. The van der Waals surface area contributed by atoms with Crippen molar-refractivity contribution >= 4 is 7.60 Å². The van der Waals surface area contributed by atoms with Crippen molar-refractivity contribution in [3.63, 3.8) is 0 Å². The number of rotatable bonds is 4. The Balaban J connectivity index is 4.26. The summed E-state index contributed by atoms with van der Waals surface area (Å²) in [5.41, 5.74) is 0.731. The summed E-state index contributed by atoms with van der Waals surface area (Å²) in [5.74, 6) is 0. The van der Waals surface area contributed by atoms with Gasteiger partial charge in [0.25, 0.3) is 0 Å². The van der Waals surface area contributed by atoms with Crippen LogP contribution in [0.4, 0.5) is 0 Å². The molecule has 0 aromatic carbocycles. The van der Waals surface area contributed by atoms with Crippen LogP contribution in [0.15, 0.2) is 11.6 Å². The van der Waals surface area contributed by atoms with Gasteiger partial charge in [0.15, 0.2) is 0 Å². The van der Waals surface area contributed by atoms with Gasteiger partial charge in [0.1, 0.15) is 0 Å². The van der Waals surface area contributed by atoms with Crippen LogP contribution < -0.4 is 0 Å². The number of allylic oxidation sites excluding steroid dienone is 1. The number of hydrogen-bond donors (Lipinski definition) is 2. The maximum Gasteiger partial charge on any atom is 0.329 e. The molecule has 4 nitrogen and oxygen atoms in total. The first-order chi connectivity index (χ1) is 5.72. The van der Waals surface area contributed by atoms with Crippen molar-refractivity contribution in [1.29, 1.82) is 0 Å². The maximum atomic E-state index is 10.6. The SMILES string of the molecule is C/C(=C\C(C)N(C)C)CP(=O)(O)O. The van der Waals surface area contributed by atoms with Gasteiger partial charge >= 0.3 is 7.60 Å². The molecule has 13 heavy (non-hydrogen) atoms. The molecule has 0 aliphatic carbocycles. The second-order valence-corrected chi connectivity index (χ2v) is 5.19. The average molecular weight is 207 g/mol. The lowest BCUT2D eigenvalue weighted by atomic mass is 10.2. The van der Waals surface area contributed by atoms with Crippen LogP contribution in [0.3, 0.4) is 0 Å². The fourth-order valence-corrected chi connectivity index (χ4v) is 1.69. The van der Waals surface area contributed by atoms with Gasteiger partial charge in [-0.25, -0.2) is 0 Å². The van der Waals surface area contributed by atoms with Gasteiger partial charge < -0.3 is 14.7 Å². The Morgan fingerprint density at radius 3 is 2.31 bits per heavy atom. The van der Waals surface area contributed by atoms with E-state index in [2.05, 4.69) is 0 Å². The summed E-state index contributed by atoms with van der Waals surface area (Å²) in [5, 5.41) is 0. The Hall–Kier alpha value is -0.150. The highest BCUT2D eigenvalue weighted by Gasteiger charge is 2.13. The van der Waals surface area contributed by atoms with E-state index in [0.717, 1.165) is 5.57 Å². The molecule has 0 heterocycles. The molecule has 1 atom stereocenters. The molecule has 0 saturated heterocycles. The molecule has 0 spiro atoms. The Bertz CT molecular complexity index is 232. The van der Waals surface area contributed by atoms with E-state index >= 15 is 0 Å². The van der Waals surface area contributed by atoms with Crippen LogP contribution >= 0.6 is 7.60 Å². The minimum Gasteiger partial charge on any atom is -0.324 e. The lowest BCUT2D eigenvalue weighted by molar-refractivity contribution is 0.361. The minimum atomic E-state index is -3.90. The molecule has 0 aliphatic rings. The Kier molecular flexibility index (Phi) is 4.86. The summed E-state index contributed by atoms with van der Waals surface area (Å²) < 4.78 is 10.6. The van der Waals surface area contributed by atoms with E-state index in [4.69, 9.17) is 9.79 Å². The van der Waals surface area contributed by atoms with Gasteiger partial charge in [0.2, 0.25) is 0 Å². The van der Waals surface area contributed by atoms with Crippen LogP contribution in [0.25, 0.3) is 0 Å². The summed E-state index contributed by atoms with van der Waals surface area (Å²) in [6.45, 7) is 3.71. The molecule has 78 valence electrons. The number of likely N-dealkylation sites (N-methyl/N-ethyl adjacent to an activating group) is 1. The van der Waals surface area contributed by atoms with Crippen LogP contribution in [0.1, 0.15) is 13.8 Å². The third-order valence-electron chi connectivity index (χ3n) is 1.80. The van der Waals surface area contributed by atoms with Gasteiger partial charge in [-0.15, -0.1) is 0 Å². The summed E-state index contributed by atoms with van der Waals surface area (Å²) in [7, 11) is -0.0500. The molecule has 0 amide bonds. The molecule has 0 saturated carbocycles. The first-order valence-corrected chi connectivity index (χ1v) is 5.90. The molecule has 1 unspecified atom stereocenters. The summed E-state index contributed by atoms with van der Waals surface area (Å²) >= 11 is 0. The topological polar surface area (TPSA) is 60.8 Å². The van der Waals surface area contributed by atoms with Crippen LogP contribution in [0, 0.1) is 0 Å². The van der Waals surface area contributed by atoms with E-state index in [1.54, 1.807) is 6.92 Å². The molecule has 0 rings (SSSR count). The average Bonchev–Trinajstić information content (AvgIpc) is 1.81. The van der Waals surface area contributed by atoms with Crippen molar-refractivity contribution in [2.75, 3.05) is 20.3 Å². The normalized spacial score (nSPS) is 16.4. The van der Waals surface area contributed by atoms with Crippen molar-refractivity contribution in [1.82, 2.24) is 4.90 Å². The predicted octanol–water partition coefficient (Wildman–Crippen LogP) is 1.06. The van der Waals surface area contributed by atoms with Crippen molar-refractivity contribution in [3.05, 3.63) is 11.6 Å². The third-order valence-corrected chi connectivity index (χ3v) is 2.71.